The summed E-state index contributed by atoms with van der Waals surface area (Å²) >= 11 is 0. The standard InChI is InChI=1S/C18H23NO3/c1-12-9-14-5-4-6-18(20)19(14)15(10-12)13-7-8-16(21-2)17(11-13)22-3/h7-8,11,14-15H,1,4-6,9-10H2,2-3H3/t14-,15+/m1/s1. The van der Waals surface area contributed by atoms with E-state index in [9.17, 15) is 4.79 Å². The summed E-state index contributed by atoms with van der Waals surface area (Å²) in [4.78, 5) is 14.5. The number of ether oxygens (including phenoxy) is 2. The fourth-order valence-corrected chi connectivity index (χ4v) is 3.72. The molecule has 0 unspecified atom stereocenters. The predicted octanol–water partition coefficient (Wildman–Crippen LogP) is 3.48. The van der Waals surface area contributed by atoms with Crippen LogP contribution in [0.1, 0.15) is 43.7 Å². The van der Waals surface area contributed by atoms with Crippen molar-refractivity contribution in [3.63, 3.8) is 0 Å². The van der Waals surface area contributed by atoms with E-state index in [1.165, 1.54) is 5.57 Å². The summed E-state index contributed by atoms with van der Waals surface area (Å²) < 4.78 is 10.7. The minimum atomic E-state index is 0.0684. The van der Waals surface area contributed by atoms with Gasteiger partial charge in [0.2, 0.25) is 5.91 Å². The van der Waals surface area contributed by atoms with Gasteiger partial charge in [0.1, 0.15) is 0 Å². The number of hydrogen-bond acceptors (Lipinski definition) is 3. The fraction of sp³-hybridized carbons (Fsp3) is 0.500. The van der Waals surface area contributed by atoms with Gasteiger partial charge in [-0.15, -0.1) is 0 Å². The molecule has 4 heteroatoms. The van der Waals surface area contributed by atoms with Crippen LogP contribution in [0.25, 0.3) is 0 Å². The van der Waals surface area contributed by atoms with Crippen molar-refractivity contribution in [2.24, 2.45) is 0 Å². The Hall–Kier alpha value is -1.97. The number of rotatable bonds is 3. The van der Waals surface area contributed by atoms with Gasteiger partial charge in [-0.2, -0.15) is 0 Å². The third-order valence-electron chi connectivity index (χ3n) is 4.74. The van der Waals surface area contributed by atoms with Crippen LogP contribution in [0, 0.1) is 0 Å². The molecule has 1 aromatic carbocycles. The Balaban J connectivity index is 1.97. The molecule has 0 radical (unpaired) electrons. The van der Waals surface area contributed by atoms with Gasteiger partial charge in [0, 0.05) is 12.5 Å². The Morgan fingerprint density at radius 2 is 1.95 bits per heavy atom. The van der Waals surface area contributed by atoms with Gasteiger partial charge in [-0.1, -0.05) is 18.2 Å². The Bertz CT molecular complexity index is 596. The summed E-state index contributed by atoms with van der Waals surface area (Å²) in [5, 5.41) is 0. The molecule has 0 spiro atoms. The van der Waals surface area contributed by atoms with Gasteiger partial charge in [-0.25, -0.2) is 0 Å². The van der Waals surface area contributed by atoms with Crippen molar-refractivity contribution in [1.29, 1.82) is 0 Å². The van der Waals surface area contributed by atoms with Crippen LogP contribution in [0.4, 0.5) is 0 Å². The van der Waals surface area contributed by atoms with Crippen LogP contribution in [0.3, 0.4) is 0 Å². The third-order valence-corrected chi connectivity index (χ3v) is 4.74. The molecule has 3 rings (SSSR count). The number of nitrogens with zero attached hydrogens (tertiary/aromatic N) is 1. The first-order valence-corrected chi connectivity index (χ1v) is 7.83. The maximum absolute atomic E-state index is 12.4. The fourth-order valence-electron chi connectivity index (χ4n) is 3.72. The van der Waals surface area contributed by atoms with Crippen LogP contribution in [-0.2, 0) is 4.79 Å². The molecule has 1 aromatic rings. The third kappa shape index (κ3) is 2.58. The molecule has 0 saturated carbocycles. The molecule has 4 nitrogen and oxygen atoms in total. The predicted molar refractivity (Wildman–Crippen MR) is 85.1 cm³/mol. The molecule has 1 amide bonds. The molecular formula is C18H23NO3. The number of benzene rings is 1. The molecule has 0 aliphatic carbocycles. The summed E-state index contributed by atoms with van der Waals surface area (Å²) in [6, 6.07) is 6.30. The van der Waals surface area contributed by atoms with Crippen molar-refractivity contribution in [2.45, 2.75) is 44.2 Å². The van der Waals surface area contributed by atoms with Gasteiger partial charge in [0.05, 0.1) is 20.3 Å². The van der Waals surface area contributed by atoms with Crippen molar-refractivity contribution in [3.05, 3.63) is 35.9 Å². The van der Waals surface area contributed by atoms with E-state index in [2.05, 4.69) is 11.5 Å². The summed E-state index contributed by atoms with van der Waals surface area (Å²) in [7, 11) is 3.26. The Kier molecular flexibility index (Phi) is 4.10. The average Bonchev–Trinajstić information content (AvgIpc) is 2.53. The lowest BCUT2D eigenvalue weighted by Crippen LogP contribution is -2.48. The van der Waals surface area contributed by atoms with E-state index in [-0.39, 0.29) is 11.9 Å². The molecule has 0 N–H and O–H groups in total. The van der Waals surface area contributed by atoms with E-state index in [1.54, 1.807) is 14.2 Å². The van der Waals surface area contributed by atoms with Crippen molar-refractivity contribution in [1.82, 2.24) is 4.90 Å². The molecule has 2 aliphatic rings. The van der Waals surface area contributed by atoms with Crippen molar-refractivity contribution in [2.75, 3.05) is 14.2 Å². The van der Waals surface area contributed by atoms with E-state index < -0.39 is 0 Å². The maximum atomic E-state index is 12.4. The number of amides is 1. The number of piperidine rings is 2. The van der Waals surface area contributed by atoms with Crippen molar-refractivity contribution < 1.29 is 14.3 Å². The van der Waals surface area contributed by atoms with E-state index in [0.29, 0.717) is 24.0 Å². The lowest BCUT2D eigenvalue weighted by atomic mass is 9.83. The van der Waals surface area contributed by atoms with Crippen LogP contribution in [0.2, 0.25) is 0 Å². The summed E-state index contributed by atoms with van der Waals surface area (Å²) in [6.45, 7) is 4.19. The zero-order valence-corrected chi connectivity index (χ0v) is 13.3. The van der Waals surface area contributed by atoms with Gasteiger partial charge in [-0.3, -0.25) is 4.79 Å². The normalized spacial score (nSPS) is 24.9. The van der Waals surface area contributed by atoms with Gasteiger partial charge in [-0.05, 0) is 43.4 Å². The molecule has 2 heterocycles. The number of carbonyl (C=O) groups excluding carboxylic acids is 1. The van der Waals surface area contributed by atoms with Crippen molar-refractivity contribution in [3.8, 4) is 11.5 Å². The number of fused-ring (bicyclic) bond motifs is 1. The molecule has 0 aromatic heterocycles. The number of carbonyl (C=O) groups is 1. The highest BCUT2D eigenvalue weighted by Gasteiger charge is 2.38. The smallest absolute Gasteiger partial charge is 0.223 e. The Morgan fingerprint density at radius 1 is 1.18 bits per heavy atom. The van der Waals surface area contributed by atoms with Gasteiger partial charge in [0.15, 0.2) is 11.5 Å². The quantitative estimate of drug-likeness (QED) is 0.802. The second-order valence-electron chi connectivity index (χ2n) is 6.14. The molecule has 2 saturated heterocycles. The molecular weight excluding hydrogens is 278 g/mol. The minimum absolute atomic E-state index is 0.0684. The Morgan fingerprint density at radius 3 is 2.68 bits per heavy atom. The SMILES string of the molecule is C=C1C[C@H]2CCCC(=O)N2[C@H](c2ccc(OC)c(OC)c2)C1. The Labute approximate surface area is 131 Å². The van der Waals surface area contributed by atoms with Crippen LogP contribution < -0.4 is 9.47 Å². The van der Waals surface area contributed by atoms with Crippen LogP contribution >= 0.6 is 0 Å². The highest BCUT2D eigenvalue weighted by atomic mass is 16.5. The summed E-state index contributed by atoms with van der Waals surface area (Å²) in [5.74, 6) is 1.68. The summed E-state index contributed by atoms with van der Waals surface area (Å²) in [6.07, 6.45) is 4.50. The number of methoxy groups -OCH3 is 2. The first-order valence-electron chi connectivity index (χ1n) is 7.83. The topological polar surface area (TPSA) is 38.8 Å². The van der Waals surface area contributed by atoms with Crippen LogP contribution in [-0.4, -0.2) is 31.1 Å². The zero-order valence-electron chi connectivity index (χ0n) is 13.3. The molecule has 2 atom stereocenters. The van der Waals surface area contributed by atoms with E-state index in [0.717, 1.165) is 31.2 Å². The highest BCUT2D eigenvalue weighted by molar-refractivity contribution is 5.78. The lowest BCUT2D eigenvalue weighted by Gasteiger charge is -2.46. The second kappa shape index (κ2) is 6.03. The first-order chi connectivity index (χ1) is 10.6. The van der Waals surface area contributed by atoms with E-state index in [4.69, 9.17) is 9.47 Å². The van der Waals surface area contributed by atoms with Gasteiger partial charge >= 0.3 is 0 Å². The first kappa shape index (κ1) is 14.9. The largest absolute Gasteiger partial charge is 0.493 e. The molecule has 2 aliphatic heterocycles. The molecule has 2 fully saturated rings. The van der Waals surface area contributed by atoms with E-state index in [1.807, 2.05) is 18.2 Å². The minimum Gasteiger partial charge on any atom is -0.493 e. The zero-order chi connectivity index (χ0) is 15.7. The van der Waals surface area contributed by atoms with E-state index >= 15 is 0 Å². The lowest BCUT2D eigenvalue weighted by molar-refractivity contribution is -0.140. The molecule has 118 valence electrons. The van der Waals surface area contributed by atoms with Crippen LogP contribution in [0.5, 0.6) is 11.5 Å². The molecule has 0 bridgehead atoms. The maximum Gasteiger partial charge on any atom is 0.223 e. The second-order valence-corrected chi connectivity index (χ2v) is 6.14. The highest BCUT2D eigenvalue weighted by Crippen LogP contribution is 2.42. The summed E-state index contributed by atoms with van der Waals surface area (Å²) in [5.41, 5.74) is 2.33. The molecule has 22 heavy (non-hydrogen) atoms. The number of hydrogen-bond donors (Lipinski definition) is 0. The monoisotopic (exact) mass is 301 g/mol. The van der Waals surface area contributed by atoms with Gasteiger partial charge < -0.3 is 14.4 Å². The van der Waals surface area contributed by atoms with Crippen molar-refractivity contribution >= 4 is 5.91 Å². The van der Waals surface area contributed by atoms with Crippen LogP contribution in [0.15, 0.2) is 30.4 Å². The van der Waals surface area contributed by atoms with Gasteiger partial charge in [0.25, 0.3) is 0 Å². The average molecular weight is 301 g/mol.